The van der Waals surface area contributed by atoms with Gasteiger partial charge in [-0.2, -0.15) is 0 Å². The molecule has 0 radical (unpaired) electrons. The molecule has 0 aromatic carbocycles. The highest BCUT2D eigenvalue weighted by molar-refractivity contribution is 5.85. The summed E-state index contributed by atoms with van der Waals surface area (Å²) in [4.78, 5) is 14.5. The molecule has 1 rings (SSSR count). The molecule has 4 nitrogen and oxygen atoms in total. The Morgan fingerprint density at radius 2 is 1.95 bits per heavy atom. The minimum Gasteiger partial charge on any atom is -0.354 e. The van der Waals surface area contributed by atoms with Crippen LogP contribution in [0.15, 0.2) is 0 Å². The van der Waals surface area contributed by atoms with Gasteiger partial charge in [-0.1, -0.05) is 26.7 Å². The zero-order chi connectivity index (χ0) is 14.3. The van der Waals surface area contributed by atoms with E-state index in [0.29, 0.717) is 5.92 Å². The third-order valence-corrected chi connectivity index (χ3v) is 3.92. The minimum absolute atomic E-state index is 0. The van der Waals surface area contributed by atoms with Gasteiger partial charge in [0.1, 0.15) is 0 Å². The van der Waals surface area contributed by atoms with Gasteiger partial charge < -0.3 is 16.0 Å². The zero-order valence-corrected chi connectivity index (χ0v) is 14.1. The van der Waals surface area contributed by atoms with Gasteiger partial charge in [-0.15, -0.1) is 12.4 Å². The van der Waals surface area contributed by atoms with E-state index in [1.807, 2.05) is 6.92 Å². The van der Waals surface area contributed by atoms with Gasteiger partial charge in [0.15, 0.2) is 0 Å². The van der Waals surface area contributed by atoms with Gasteiger partial charge in [-0.3, -0.25) is 4.79 Å². The number of halogens is 1. The van der Waals surface area contributed by atoms with E-state index in [9.17, 15) is 4.79 Å². The Morgan fingerprint density at radius 3 is 2.50 bits per heavy atom. The van der Waals surface area contributed by atoms with Gasteiger partial charge in [0.05, 0.1) is 5.54 Å². The van der Waals surface area contributed by atoms with E-state index in [-0.39, 0.29) is 18.3 Å². The summed E-state index contributed by atoms with van der Waals surface area (Å²) < 4.78 is 0. The lowest BCUT2D eigenvalue weighted by Crippen LogP contribution is -2.52. The summed E-state index contributed by atoms with van der Waals surface area (Å²) in [6, 6.07) is 0. The van der Waals surface area contributed by atoms with Crippen molar-refractivity contribution >= 4 is 18.3 Å². The Hall–Kier alpha value is -0.320. The van der Waals surface area contributed by atoms with Crippen LogP contribution in [-0.4, -0.2) is 42.5 Å². The first-order valence-corrected chi connectivity index (χ1v) is 7.75. The lowest BCUT2D eigenvalue weighted by Gasteiger charge is -2.30. The number of nitrogens with one attached hydrogen (secondary N) is 1. The topological polar surface area (TPSA) is 58.4 Å². The highest BCUT2D eigenvalue weighted by atomic mass is 35.5. The Kier molecular flexibility index (Phi) is 9.43. The molecule has 2 atom stereocenters. The van der Waals surface area contributed by atoms with E-state index in [1.54, 1.807) is 0 Å². The van der Waals surface area contributed by atoms with Gasteiger partial charge in [-0.25, -0.2) is 0 Å². The Bertz CT molecular complexity index is 278. The summed E-state index contributed by atoms with van der Waals surface area (Å²) in [5, 5.41) is 3.01. The summed E-state index contributed by atoms with van der Waals surface area (Å²) in [6.45, 7) is 10.3. The van der Waals surface area contributed by atoms with E-state index in [1.165, 1.54) is 32.4 Å². The quantitative estimate of drug-likeness (QED) is 0.758. The molecule has 0 saturated carbocycles. The van der Waals surface area contributed by atoms with Crippen molar-refractivity contribution in [1.82, 2.24) is 10.2 Å². The van der Waals surface area contributed by atoms with Crippen molar-refractivity contribution in [3.05, 3.63) is 0 Å². The molecule has 0 aromatic heterocycles. The van der Waals surface area contributed by atoms with Crippen LogP contribution in [0.3, 0.4) is 0 Å². The average molecular weight is 306 g/mol. The normalized spacial score (nSPS) is 20.6. The third-order valence-electron chi connectivity index (χ3n) is 3.92. The number of hydrogen-bond acceptors (Lipinski definition) is 3. The first-order chi connectivity index (χ1) is 8.95. The molecule has 1 aliphatic heterocycles. The third kappa shape index (κ3) is 6.91. The van der Waals surface area contributed by atoms with Crippen LogP contribution in [0, 0.1) is 5.92 Å². The van der Waals surface area contributed by atoms with Crippen LogP contribution >= 0.6 is 12.4 Å². The average Bonchev–Trinajstić information content (AvgIpc) is 2.37. The largest absolute Gasteiger partial charge is 0.354 e. The number of likely N-dealkylation sites (tertiary alicyclic amines) is 1. The molecule has 120 valence electrons. The molecule has 20 heavy (non-hydrogen) atoms. The molecule has 0 aliphatic carbocycles. The number of hydrogen-bond donors (Lipinski definition) is 2. The first-order valence-electron chi connectivity index (χ1n) is 7.75. The number of carbonyl (C=O) groups excluding carboxylic acids is 1. The molecule has 0 spiro atoms. The molecular weight excluding hydrogens is 274 g/mol. The van der Waals surface area contributed by atoms with Crippen molar-refractivity contribution in [3.8, 4) is 0 Å². The SMILES string of the molecule is CCCC(C)(N)C(=O)NCC(C)CN1CCCCC1.Cl. The van der Waals surface area contributed by atoms with E-state index >= 15 is 0 Å². The van der Waals surface area contributed by atoms with Crippen molar-refractivity contribution in [1.29, 1.82) is 0 Å². The summed E-state index contributed by atoms with van der Waals surface area (Å²) in [6.07, 6.45) is 5.67. The maximum Gasteiger partial charge on any atom is 0.239 e. The van der Waals surface area contributed by atoms with Crippen molar-refractivity contribution in [3.63, 3.8) is 0 Å². The number of nitrogens with two attached hydrogens (primary N) is 1. The monoisotopic (exact) mass is 305 g/mol. The summed E-state index contributed by atoms with van der Waals surface area (Å²) in [7, 11) is 0. The van der Waals surface area contributed by atoms with Crippen molar-refractivity contribution < 1.29 is 4.79 Å². The van der Waals surface area contributed by atoms with E-state index in [4.69, 9.17) is 5.73 Å². The predicted octanol–water partition coefficient (Wildman–Crippen LogP) is 2.16. The fraction of sp³-hybridized carbons (Fsp3) is 0.933. The standard InChI is InChI=1S/C15H31N3O.ClH/c1-4-8-15(3,16)14(19)17-11-13(2)12-18-9-6-5-7-10-18;/h13H,4-12,16H2,1-3H3,(H,17,19);1H. The maximum absolute atomic E-state index is 12.0. The Labute approximate surface area is 130 Å². The maximum atomic E-state index is 12.0. The van der Waals surface area contributed by atoms with Gasteiger partial charge in [-0.05, 0) is 45.2 Å². The van der Waals surface area contributed by atoms with Crippen molar-refractivity contribution in [2.24, 2.45) is 11.7 Å². The van der Waals surface area contributed by atoms with Crippen LogP contribution in [0.2, 0.25) is 0 Å². The summed E-state index contributed by atoms with van der Waals surface area (Å²) in [5.74, 6) is 0.472. The van der Waals surface area contributed by atoms with Gasteiger partial charge >= 0.3 is 0 Å². The number of rotatable bonds is 7. The van der Waals surface area contributed by atoms with Gasteiger partial charge in [0, 0.05) is 13.1 Å². The summed E-state index contributed by atoms with van der Waals surface area (Å²) >= 11 is 0. The van der Waals surface area contributed by atoms with Crippen LogP contribution in [0.25, 0.3) is 0 Å². The second-order valence-electron chi connectivity index (χ2n) is 6.34. The minimum atomic E-state index is -0.723. The van der Waals surface area contributed by atoms with Crippen molar-refractivity contribution in [2.45, 2.75) is 58.4 Å². The molecule has 2 unspecified atom stereocenters. The van der Waals surface area contributed by atoms with Gasteiger partial charge in [0.2, 0.25) is 5.91 Å². The Balaban J connectivity index is 0.00000361. The highest BCUT2D eigenvalue weighted by Crippen LogP contribution is 2.11. The number of nitrogens with zero attached hydrogens (tertiary/aromatic N) is 1. The zero-order valence-electron chi connectivity index (χ0n) is 13.3. The second-order valence-corrected chi connectivity index (χ2v) is 6.34. The van der Waals surface area contributed by atoms with Crippen LogP contribution in [0.5, 0.6) is 0 Å². The fourth-order valence-electron chi connectivity index (χ4n) is 2.75. The molecule has 0 bridgehead atoms. The molecule has 1 aliphatic rings. The number of carbonyl (C=O) groups is 1. The predicted molar refractivity (Wildman–Crippen MR) is 87.2 cm³/mol. The van der Waals surface area contributed by atoms with E-state index in [2.05, 4.69) is 24.1 Å². The van der Waals surface area contributed by atoms with Crippen LogP contribution < -0.4 is 11.1 Å². The number of amides is 1. The van der Waals surface area contributed by atoms with Crippen molar-refractivity contribution in [2.75, 3.05) is 26.2 Å². The van der Waals surface area contributed by atoms with Crippen LogP contribution in [-0.2, 0) is 4.79 Å². The smallest absolute Gasteiger partial charge is 0.239 e. The molecule has 1 amide bonds. The molecule has 5 heteroatoms. The second kappa shape index (κ2) is 9.59. The summed E-state index contributed by atoms with van der Waals surface area (Å²) in [5.41, 5.74) is 5.30. The number of piperidine rings is 1. The lowest BCUT2D eigenvalue weighted by atomic mass is 9.96. The lowest BCUT2D eigenvalue weighted by molar-refractivity contribution is -0.126. The highest BCUT2D eigenvalue weighted by Gasteiger charge is 2.27. The molecular formula is C15H32ClN3O. The Morgan fingerprint density at radius 1 is 1.35 bits per heavy atom. The first kappa shape index (κ1) is 19.7. The fourth-order valence-corrected chi connectivity index (χ4v) is 2.75. The van der Waals surface area contributed by atoms with Crippen LogP contribution in [0.4, 0.5) is 0 Å². The van der Waals surface area contributed by atoms with Gasteiger partial charge in [0.25, 0.3) is 0 Å². The molecule has 1 saturated heterocycles. The molecule has 0 aromatic rings. The van der Waals surface area contributed by atoms with Crippen LogP contribution in [0.1, 0.15) is 52.9 Å². The molecule has 3 N–H and O–H groups in total. The van der Waals surface area contributed by atoms with E-state index in [0.717, 1.165) is 25.9 Å². The molecule has 1 heterocycles. The molecule has 1 fully saturated rings. The van der Waals surface area contributed by atoms with E-state index < -0.39 is 5.54 Å².